The fraction of sp³-hybridized carbons (Fsp3) is 0. The average molecular weight is 408 g/mol. The Labute approximate surface area is 172 Å². The van der Waals surface area contributed by atoms with Crippen molar-refractivity contribution in [3.8, 4) is 16.9 Å². The van der Waals surface area contributed by atoms with E-state index in [1.807, 2.05) is 48.5 Å². The number of nitrogens with two attached hydrogens (primary N) is 1. The molecule has 5 nitrogen and oxygen atoms in total. The van der Waals surface area contributed by atoms with Gasteiger partial charge in [-0.3, -0.25) is 0 Å². The molecule has 0 aliphatic heterocycles. The van der Waals surface area contributed by atoms with Crippen LogP contribution in [0.25, 0.3) is 16.9 Å². The topological polar surface area (TPSA) is 68.6 Å². The third-order valence-electron chi connectivity index (χ3n) is 4.09. The zero-order valence-electron chi connectivity index (χ0n) is 14.6. The van der Waals surface area contributed by atoms with Crippen molar-refractivity contribution < 1.29 is 0 Å². The number of hydrogen-bond acceptors (Lipinski definition) is 4. The molecule has 0 spiro atoms. The van der Waals surface area contributed by atoms with E-state index in [0.29, 0.717) is 32.9 Å². The zero-order chi connectivity index (χ0) is 19.5. The highest BCUT2D eigenvalue weighted by molar-refractivity contribution is 6.31. The van der Waals surface area contributed by atoms with Gasteiger partial charge in [-0.2, -0.15) is 10.2 Å². The average Bonchev–Trinajstić information content (AvgIpc) is 3.05. The van der Waals surface area contributed by atoms with Crippen LogP contribution in [0.3, 0.4) is 0 Å². The van der Waals surface area contributed by atoms with Gasteiger partial charge in [-0.15, -0.1) is 5.11 Å². The fourth-order valence-electron chi connectivity index (χ4n) is 2.73. The first-order chi connectivity index (χ1) is 13.6. The second kappa shape index (κ2) is 7.84. The lowest BCUT2D eigenvalue weighted by Gasteiger charge is -2.02. The molecule has 1 aromatic heterocycles. The van der Waals surface area contributed by atoms with Crippen molar-refractivity contribution >= 4 is 40.4 Å². The van der Waals surface area contributed by atoms with Crippen LogP contribution in [0.1, 0.15) is 0 Å². The highest BCUT2D eigenvalue weighted by atomic mass is 35.5. The highest BCUT2D eigenvalue weighted by Gasteiger charge is 2.18. The van der Waals surface area contributed by atoms with Gasteiger partial charge in [0.1, 0.15) is 5.69 Å². The van der Waals surface area contributed by atoms with Crippen LogP contribution in [-0.4, -0.2) is 9.78 Å². The summed E-state index contributed by atoms with van der Waals surface area (Å²) in [6, 6.07) is 24.1. The molecule has 0 radical (unpaired) electrons. The lowest BCUT2D eigenvalue weighted by Crippen LogP contribution is -2.01. The molecule has 0 unspecified atom stereocenters. The Bertz CT molecular complexity index is 1140. The summed E-state index contributed by atoms with van der Waals surface area (Å²) < 4.78 is 1.65. The standard InChI is InChI=1S/C21H15Cl2N5/c22-15-9-11-17(12-10-15)25-26-20-19(14-5-4-6-16(23)13-14)27-28(21(20)24)18-7-2-1-3-8-18/h1-13H,24H2. The van der Waals surface area contributed by atoms with Crippen molar-refractivity contribution in [3.05, 3.63) is 88.9 Å². The van der Waals surface area contributed by atoms with E-state index in [1.54, 1.807) is 35.0 Å². The summed E-state index contributed by atoms with van der Waals surface area (Å²) in [6.07, 6.45) is 0. The number of nitrogens with zero attached hydrogens (tertiary/aromatic N) is 4. The zero-order valence-corrected chi connectivity index (χ0v) is 16.1. The summed E-state index contributed by atoms with van der Waals surface area (Å²) in [5.74, 6) is 0.388. The van der Waals surface area contributed by atoms with Gasteiger partial charge in [0.05, 0.1) is 11.4 Å². The summed E-state index contributed by atoms with van der Waals surface area (Å²) in [6.45, 7) is 0. The first-order valence-corrected chi connectivity index (χ1v) is 9.24. The maximum absolute atomic E-state index is 6.39. The van der Waals surface area contributed by atoms with E-state index >= 15 is 0 Å². The summed E-state index contributed by atoms with van der Waals surface area (Å²) in [5, 5.41) is 14.6. The molecular weight excluding hydrogens is 393 g/mol. The number of anilines is 1. The van der Waals surface area contributed by atoms with Crippen molar-refractivity contribution in [3.63, 3.8) is 0 Å². The van der Waals surface area contributed by atoms with Crippen LogP contribution in [0.2, 0.25) is 10.0 Å². The van der Waals surface area contributed by atoms with Crippen LogP contribution in [-0.2, 0) is 0 Å². The molecule has 7 heteroatoms. The van der Waals surface area contributed by atoms with E-state index in [0.717, 1.165) is 11.3 Å². The van der Waals surface area contributed by atoms with E-state index in [9.17, 15) is 0 Å². The minimum absolute atomic E-state index is 0.388. The third kappa shape index (κ3) is 3.76. The van der Waals surface area contributed by atoms with Crippen LogP contribution in [0, 0.1) is 0 Å². The number of aromatic nitrogens is 2. The third-order valence-corrected chi connectivity index (χ3v) is 4.57. The summed E-state index contributed by atoms with van der Waals surface area (Å²) in [7, 11) is 0. The molecule has 28 heavy (non-hydrogen) atoms. The number of rotatable bonds is 4. The molecular formula is C21H15Cl2N5. The van der Waals surface area contributed by atoms with E-state index < -0.39 is 0 Å². The van der Waals surface area contributed by atoms with Crippen LogP contribution in [0.15, 0.2) is 89.1 Å². The van der Waals surface area contributed by atoms with Gasteiger partial charge in [0.15, 0.2) is 11.5 Å². The van der Waals surface area contributed by atoms with E-state index in [-0.39, 0.29) is 0 Å². The molecule has 4 aromatic rings. The molecule has 0 aliphatic rings. The van der Waals surface area contributed by atoms with Crippen molar-refractivity contribution in [1.29, 1.82) is 0 Å². The molecule has 0 saturated carbocycles. The monoisotopic (exact) mass is 407 g/mol. The smallest absolute Gasteiger partial charge is 0.156 e. The maximum Gasteiger partial charge on any atom is 0.156 e. The van der Waals surface area contributed by atoms with Gasteiger partial charge >= 0.3 is 0 Å². The summed E-state index contributed by atoms with van der Waals surface area (Å²) >= 11 is 12.1. The Hall–Kier alpha value is -3.15. The first-order valence-electron chi connectivity index (χ1n) is 8.49. The molecule has 1 heterocycles. The molecule has 3 aromatic carbocycles. The number of benzene rings is 3. The van der Waals surface area contributed by atoms with Gasteiger partial charge in [-0.05, 0) is 48.5 Å². The minimum Gasteiger partial charge on any atom is -0.382 e. The predicted octanol–water partition coefficient (Wildman–Crippen LogP) is 6.84. The number of hydrogen-bond donors (Lipinski definition) is 1. The normalized spacial score (nSPS) is 11.2. The molecule has 0 fully saturated rings. The van der Waals surface area contributed by atoms with E-state index in [2.05, 4.69) is 15.3 Å². The van der Waals surface area contributed by atoms with Crippen molar-refractivity contribution in [2.75, 3.05) is 5.73 Å². The van der Waals surface area contributed by atoms with Crippen LogP contribution in [0.5, 0.6) is 0 Å². The van der Waals surface area contributed by atoms with Crippen LogP contribution in [0.4, 0.5) is 17.2 Å². The van der Waals surface area contributed by atoms with E-state index in [4.69, 9.17) is 28.9 Å². The predicted molar refractivity (Wildman–Crippen MR) is 114 cm³/mol. The van der Waals surface area contributed by atoms with Crippen molar-refractivity contribution in [1.82, 2.24) is 9.78 Å². The molecule has 0 saturated heterocycles. The number of para-hydroxylation sites is 1. The molecule has 0 amide bonds. The minimum atomic E-state index is 0.388. The highest BCUT2D eigenvalue weighted by Crippen LogP contribution is 2.38. The molecule has 138 valence electrons. The van der Waals surface area contributed by atoms with Crippen LogP contribution < -0.4 is 5.73 Å². The molecule has 4 rings (SSSR count). The molecule has 0 bridgehead atoms. The Balaban J connectivity index is 1.85. The quantitative estimate of drug-likeness (QED) is 0.376. The van der Waals surface area contributed by atoms with E-state index in [1.165, 1.54) is 0 Å². The lowest BCUT2D eigenvalue weighted by atomic mass is 10.1. The van der Waals surface area contributed by atoms with Crippen molar-refractivity contribution in [2.24, 2.45) is 10.2 Å². The summed E-state index contributed by atoms with van der Waals surface area (Å²) in [5.41, 5.74) is 9.76. The van der Waals surface area contributed by atoms with Gasteiger partial charge in [-0.1, -0.05) is 53.5 Å². The SMILES string of the molecule is Nc1c(N=Nc2ccc(Cl)cc2)c(-c2cccc(Cl)c2)nn1-c1ccccc1. The Kier molecular flexibility index (Phi) is 5.10. The number of nitrogen functional groups attached to an aromatic ring is 1. The molecule has 0 aliphatic carbocycles. The maximum atomic E-state index is 6.39. The second-order valence-electron chi connectivity index (χ2n) is 6.02. The Morgan fingerprint density at radius 2 is 1.54 bits per heavy atom. The lowest BCUT2D eigenvalue weighted by molar-refractivity contribution is 0.895. The second-order valence-corrected chi connectivity index (χ2v) is 6.89. The van der Waals surface area contributed by atoms with Gasteiger partial charge in [0.25, 0.3) is 0 Å². The molecule has 2 N–H and O–H groups in total. The Morgan fingerprint density at radius 1 is 0.786 bits per heavy atom. The largest absolute Gasteiger partial charge is 0.382 e. The van der Waals surface area contributed by atoms with Gasteiger partial charge < -0.3 is 5.73 Å². The summed E-state index contributed by atoms with van der Waals surface area (Å²) in [4.78, 5) is 0. The first kappa shape index (κ1) is 18.2. The fourth-order valence-corrected chi connectivity index (χ4v) is 3.05. The van der Waals surface area contributed by atoms with Gasteiger partial charge in [0, 0.05) is 15.6 Å². The van der Waals surface area contributed by atoms with Crippen molar-refractivity contribution in [2.45, 2.75) is 0 Å². The van der Waals surface area contributed by atoms with Gasteiger partial charge in [0.2, 0.25) is 0 Å². The van der Waals surface area contributed by atoms with Gasteiger partial charge in [-0.25, -0.2) is 4.68 Å². The number of halogens is 2. The molecule has 0 atom stereocenters. The Morgan fingerprint density at radius 3 is 2.25 bits per heavy atom. The van der Waals surface area contributed by atoms with Crippen LogP contribution >= 0.6 is 23.2 Å². The number of azo groups is 1.